The van der Waals surface area contributed by atoms with Crippen LogP contribution in [0, 0.1) is 18.3 Å². The van der Waals surface area contributed by atoms with Crippen molar-refractivity contribution in [3.63, 3.8) is 0 Å². The number of hydrogen-bond donors (Lipinski definition) is 2. The van der Waals surface area contributed by atoms with E-state index in [1.165, 1.54) is 17.7 Å². The molecule has 1 rings (SSSR count). The third-order valence-electron chi connectivity index (χ3n) is 2.96. The van der Waals surface area contributed by atoms with Gasteiger partial charge in [0.1, 0.15) is 5.84 Å². The number of nitrogens with two attached hydrogens (primary N) is 1. The van der Waals surface area contributed by atoms with Crippen LogP contribution in [0.3, 0.4) is 0 Å². The summed E-state index contributed by atoms with van der Waals surface area (Å²) in [6.45, 7) is 7.59. The van der Waals surface area contributed by atoms with Crippen LogP contribution in [-0.4, -0.2) is 19.4 Å². The first-order valence-electron chi connectivity index (χ1n) is 6.08. The fourth-order valence-corrected chi connectivity index (χ4v) is 1.82. The maximum absolute atomic E-state index is 7.41. The molecule has 0 saturated carbocycles. The Morgan fingerprint density at radius 1 is 1.41 bits per heavy atom. The number of amidine groups is 1. The standard InChI is InChI=1S/C14H23N3/c1-10(2)7-8-17(4)13-6-5-12(14(15)16)9-11(13)3/h5-6,9-10H,7-8H2,1-4H3,(H3,15,16). The molecular formula is C14H23N3. The second-order valence-electron chi connectivity index (χ2n) is 5.02. The number of hydrogen-bond acceptors (Lipinski definition) is 2. The summed E-state index contributed by atoms with van der Waals surface area (Å²) in [6, 6.07) is 5.94. The SMILES string of the molecule is Cc1cc(C(=N)N)ccc1N(C)CCC(C)C. The molecule has 17 heavy (non-hydrogen) atoms. The van der Waals surface area contributed by atoms with Crippen molar-refractivity contribution in [2.45, 2.75) is 27.2 Å². The minimum absolute atomic E-state index is 0.129. The summed E-state index contributed by atoms with van der Waals surface area (Å²) >= 11 is 0. The Balaban J connectivity index is 2.81. The summed E-state index contributed by atoms with van der Waals surface area (Å²) in [5.74, 6) is 0.846. The van der Waals surface area contributed by atoms with Crippen molar-refractivity contribution in [1.29, 1.82) is 5.41 Å². The van der Waals surface area contributed by atoms with E-state index in [0.29, 0.717) is 5.92 Å². The van der Waals surface area contributed by atoms with Crippen LogP contribution < -0.4 is 10.6 Å². The molecule has 3 N–H and O–H groups in total. The van der Waals surface area contributed by atoms with Gasteiger partial charge in [0.05, 0.1) is 0 Å². The summed E-state index contributed by atoms with van der Waals surface area (Å²) in [5, 5.41) is 7.41. The molecule has 0 radical (unpaired) electrons. The highest BCUT2D eigenvalue weighted by molar-refractivity contribution is 5.95. The third kappa shape index (κ3) is 3.77. The molecule has 1 aromatic rings. The predicted molar refractivity (Wildman–Crippen MR) is 74.9 cm³/mol. The van der Waals surface area contributed by atoms with Gasteiger partial charge in [-0.2, -0.15) is 0 Å². The van der Waals surface area contributed by atoms with Gasteiger partial charge >= 0.3 is 0 Å². The minimum atomic E-state index is 0.129. The average Bonchev–Trinajstić information content (AvgIpc) is 2.25. The van der Waals surface area contributed by atoms with Gasteiger partial charge in [0, 0.05) is 24.8 Å². The highest BCUT2D eigenvalue weighted by atomic mass is 15.1. The van der Waals surface area contributed by atoms with E-state index in [4.69, 9.17) is 11.1 Å². The first kappa shape index (κ1) is 13.6. The van der Waals surface area contributed by atoms with Crippen molar-refractivity contribution >= 4 is 11.5 Å². The van der Waals surface area contributed by atoms with Crippen LogP contribution in [0.5, 0.6) is 0 Å². The highest BCUT2D eigenvalue weighted by Gasteiger charge is 2.07. The first-order chi connectivity index (χ1) is 7.91. The highest BCUT2D eigenvalue weighted by Crippen LogP contribution is 2.20. The molecule has 1 aromatic carbocycles. The van der Waals surface area contributed by atoms with Crippen LogP contribution in [-0.2, 0) is 0 Å². The lowest BCUT2D eigenvalue weighted by atomic mass is 10.1. The third-order valence-corrected chi connectivity index (χ3v) is 2.96. The van der Waals surface area contributed by atoms with Crippen LogP contribution in [0.4, 0.5) is 5.69 Å². The van der Waals surface area contributed by atoms with Crippen LogP contribution in [0.1, 0.15) is 31.4 Å². The van der Waals surface area contributed by atoms with Crippen LogP contribution in [0.25, 0.3) is 0 Å². The Morgan fingerprint density at radius 2 is 2.06 bits per heavy atom. The minimum Gasteiger partial charge on any atom is -0.384 e. The molecular weight excluding hydrogens is 210 g/mol. The maximum atomic E-state index is 7.41. The van der Waals surface area contributed by atoms with Crippen molar-refractivity contribution in [3.05, 3.63) is 29.3 Å². The number of nitrogen functional groups attached to an aromatic ring is 1. The van der Waals surface area contributed by atoms with E-state index < -0.39 is 0 Å². The number of aryl methyl sites for hydroxylation is 1. The van der Waals surface area contributed by atoms with Gasteiger partial charge in [0.2, 0.25) is 0 Å². The Kier molecular flexibility index (Phi) is 4.55. The maximum Gasteiger partial charge on any atom is 0.122 e. The molecule has 3 nitrogen and oxygen atoms in total. The normalized spacial score (nSPS) is 10.6. The Bertz CT molecular complexity index is 396. The Labute approximate surface area is 104 Å². The number of nitrogens with zero attached hydrogens (tertiary/aromatic N) is 1. The zero-order valence-electron chi connectivity index (χ0n) is 11.2. The molecule has 0 aliphatic heterocycles. The van der Waals surface area contributed by atoms with Crippen molar-refractivity contribution in [1.82, 2.24) is 0 Å². The molecule has 94 valence electrons. The van der Waals surface area contributed by atoms with Gasteiger partial charge in [-0.15, -0.1) is 0 Å². The zero-order valence-corrected chi connectivity index (χ0v) is 11.2. The van der Waals surface area contributed by atoms with Gasteiger partial charge < -0.3 is 10.6 Å². The Hall–Kier alpha value is -1.51. The van der Waals surface area contributed by atoms with Gasteiger partial charge in [-0.05, 0) is 43.0 Å². The average molecular weight is 233 g/mol. The Morgan fingerprint density at radius 3 is 2.53 bits per heavy atom. The van der Waals surface area contributed by atoms with Crippen LogP contribution in [0.15, 0.2) is 18.2 Å². The quantitative estimate of drug-likeness (QED) is 0.607. The van der Waals surface area contributed by atoms with Crippen LogP contribution in [0.2, 0.25) is 0 Å². The van der Waals surface area contributed by atoms with Gasteiger partial charge in [-0.3, -0.25) is 5.41 Å². The molecule has 0 spiro atoms. The number of rotatable bonds is 5. The van der Waals surface area contributed by atoms with Crippen molar-refractivity contribution in [2.24, 2.45) is 11.7 Å². The lowest BCUT2D eigenvalue weighted by Gasteiger charge is -2.22. The lowest BCUT2D eigenvalue weighted by molar-refractivity contribution is 0.585. The second kappa shape index (κ2) is 5.71. The van der Waals surface area contributed by atoms with E-state index in [2.05, 4.69) is 32.7 Å². The van der Waals surface area contributed by atoms with E-state index in [0.717, 1.165) is 12.1 Å². The van der Waals surface area contributed by atoms with Gasteiger partial charge in [-0.1, -0.05) is 13.8 Å². The predicted octanol–water partition coefficient (Wildman–Crippen LogP) is 2.76. The monoisotopic (exact) mass is 233 g/mol. The summed E-state index contributed by atoms with van der Waals surface area (Å²) in [6.07, 6.45) is 1.18. The van der Waals surface area contributed by atoms with Crippen LogP contribution >= 0.6 is 0 Å². The summed E-state index contributed by atoms with van der Waals surface area (Å²) in [7, 11) is 2.11. The number of benzene rings is 1. The lowest BCUT2D eigenvalue weighted by Crippen LogP contribution is -2.21. The summed E-state index contributed by atoms with van der Waals surface area (Å²) in [4.78, 5) is 2.26. The molecule has 0 aromatic heterocycles. The molecule has 0 heterocycles. The zero-order chi connectivity index (χ0) is 13.0. The number of nitrogens with one attached hydrogen (secondary N) is 1. The van der Waals surface area contributed by atoms with Gasteiger partial charge in [-0.25, -0.2) is 0 Å². The van der Waals surface area contributed by atoms with Gasteiger partial charge in [0.25, 0.3) is 0 Å². The largest absolute Gasteiger partial charge is 0.384 e. The molecule has 0 amide bonds. The van der Waals surface area contributed by atoms with E-state index in [-0.39, 0.29) is 5.84 Å². The molecule has 0 aliphatic rings. The molecule has 0 fully saturated rings. The first-order valence-corrected chi connectivity index (χ1v) is 6.08. The van der Waals surface area contributed by atoms with E-state index in [1.807, 2.05) is 18.2 Å². The molecule has 0 atom stereocenters. The van der Waals surface area contributed by atoms with E-state index in [1.54, 1.807) is 0 Å². The van der Waals surface area contributed by atoms with Crippen molar-refractivity contribution in [2.75, 3.05) is 18.5 Å². The number of anilines is 1. The molecule has 0 unspecified atom stereocenters. The second-order valence-corrected chi connectivity index (χ2v) is 5.02. The summed E-state index contributed by atoms with van der Waals surface area (Å²) < 4.78 is 0. The van der Waals surface area contributed by atoms with Crippen molar-refractivity contribution in [3.8, 4) is 0 Å². The fourth-order valence-electron chi connectivity index (χ4n) is 1.82. The molecule has 3 heteroatoms. The van der Waals surface area contributed by atoms with E-state index >= 15 is 0 Å². The fraction of sp³-hybridized carbons (Fsp3) is 0.500. The smallest absolute Gasteiger partial charge is 0.122 e. The van der Waals surface area contributed by atoms with Crippen molar-refractivity contribution < 1.29 is 0 Å². The summed E-state index contributed by atoms with van der Waals surface area (Å²) in [5.41, 5.74) is 8.66. The topological polar surface area (TPSA) is 53.1 Å². The molecule has 0 aliphatic carbocycles. The van der Waals surface area contributed by atoms with Gasteiger partial charge in [0.15, 0.2) is 0 Å². The molecule has 0 saturated heterocycles. The molecule has 0 bridgehead atoms. The van der Waals surface area contributed by atoms with E-state index in [9.17, 15) is 0 Å².